The number of hydrogen-bond donors (Lipinski definition) is 3. The number of hydrazone groups is 1. The zero-order valence-electron chi connectivity index (χ0n) is 16.6. The first kappa shape index (κ1) is 21.4. The lowest BCUT2D eigenvalue weighted by Gasteiger charge is -2.11. The second-order valence-electron chi connectivity index (χ2n) is 6.57. The van der Waals surface area contributed by atoms with Crippen LogP contribution in [0.1, 0.15) is 21.5 Å². The molecule has 0 saturated heterocycles. The molecule has 0 aromatic heterocycles. The lowest BCUT2D eigenvalue weighted by atomic mass is 10.1. The Morgan fingerprint density at radius 3 is 2.35 bits per heavy atom. The third-order valence-electron chi connectivity index (χ3n) is 4.15. The molecule has 3 amide bonds. The number of carbonyl (C=O) groups is 3. The Morgan fingerprint density at radius 1 is 0.871 bits per heavy atom. The first-order valence-corrected chi connectivity index (χ1v) is 9.29. The molecule has 0 spiro atoms. The third kappa shape index (κ3) is 6.07. The third-order valence-corrected chi connectivity index (χ3v) is 4.15. The maximum atomic E-state index is 12.9. The second kappa shape index (κ2) is 9.93. The first-order valence-electron chi connectivity index (χ1n) is 9.29. The van der Waals surface area contributed by atoms with Gasteiger partial charge in [0.15, 0.2) is 0 Å². The van der Waals surface area contributed by atoms with Crippen LogP contribution in [0, 0.1) is 12.7 Å². The molecule has 0 heterocycles. The normalized spacial score (nSPS) is 10.5. The summed E-state index contributed by atoms with van der Waals surface area (Å²) < 4.78 is 12.9. The Bertz CT molecular complexity index is 1140. The van der Waals surface area contributed by atoms with Crippen molar-refractivity contribution in [1.29, 1.82) is 0 Å². The Balaban J connectivity index is 1.63. The maximum Gasteiger partial charge on any atom is 0.329 e. The van der Waals surface area contributed by atoms with E-state index in [4.69, 9.17) is 0 Å². The number of anilines is 2. The quantitative estimate of drug-likeness (QED) is 0.336. The summed E-state index contributed by atoms with van der Waals surface area (Å²) in [5.74, 6) is -2.85. The van der Waals surface area contributed by atoms with E-state index < -0.39 is 23.5 Å². The molecule has 7 nitrogen and oxygen atoms in total. The van der Waals surface area contributed by atoms with Gasteiger partial charge < -0.3 is 10.6 Å². The molecule has 0 atom stereocenters. The summed E-state index contributed by atoms with van der Waals surface area (Å²) in [4.78, 5) is 36.8. The van der Waals surface area contributed by atoms with Crippen molar-refractivity contribution in [1.82, 2.24) is 5.43 Å². The molecule has 0 radical (unpaired) electrons. The first-order chi connectivity index (χ1) is 14.9. The highest BCUT2D eigenvalue weighted by Crippen LogP contribution is 2.18. The van der Waals surface area contributed by atoms with E-state index in [0.717, 1.165) is 5.56 Å². The van der Waals surface area contributed by atoms with Gasteiger partial charge in [-0.3, -0.25) is 14.4 Å². The standard InChI is InChI=1S/C23H19FN4O3/c1-15-5-4-6-18(13-15)26-21(29)19-7-2-3-8-20(19)27-22(30)23(31)28-25-14-16-9-11-17(24)12-10-16/h2-14H,1H3,(H,26,29)(H,27,30)(H,28,31)/b25-14+. The van der Waals surface area contributed by atoms with Crippen molar-refractivity contribution >= 4 is 35.3 Å². The Hall–Kier alpha value is -4.33. The predicted octanol–water partition coefficient (Wildman–Crippen LogP) is 3.48. The molecule has 8 heteroatoms. The highest BCUT2D eigenvalue weighted by molar-refractivity contribution is 6.40. The monoisotopic (exact) mass is 418 g/mol. The van der Waals surface area contributed by atoms with Gasteiger partial charge in [-0.2, -0.15) is 5.10 Å². The van der Waals surface area contributed by atoms with Gasteiger partial charge in [-0.1, -0.05) is 36.4 Å². The fourth-order valence-electron chi connectivity index (χ4n) is 2.66. The van der Waals surface area contributed by atoms with E-state index in [1.807, 2.05) is 25.1 Å². The molecule has 3 aromatic rings. The molecule has 3 aromatic carbocycles. The molecule has 156 valence electrons. The van der Waals surface area contributed by atoms with Crippen LogP contribution in [0.15, 0.2) is 77.9 Å². The van der Waals surface area contributed by atoms with E-state index in [9.17, 15) is 18.8 Å². The van der Waals surface area contributed by atoms with Crippen molar-refractivity contribution in [3.63, 3.8) is 0 Å². The summed E-state index contributed by atoms with van der Waals surface area (Å²) in [7, 11) is 0. The summed E-state index contributed by atoms with van der Waals surface area (Å²) in [5.41, 5.74) is 4.59. The van der Waals surface area contributed by atoms with Crippen LogP contribution in [0.4, 0.5) is 15.8 Å². The number of para-hydroxylation sites is 1. The van der Waals surface area contributed by atoms with Gasteiger partial charge in [0.25, 0.3) is 5.91 Å². The molecular weight excluding hydrogens is 399 g/mol. The van der Waals surface area contributed by atoms with Gasteiger partial charge in [0.05, 0.1) is 17.5 Å². The lowest BCUT2D eigenvalue weighted by Crippen LogP contribution is -2.33. The predicted molar refractivity (Wildman–Crippen MR) is 116 cm³/mol. The van der Waals surface area contributed by atoms with Crippen molar-refractivity contribution in [3.8, 4) is 0 Å². The smallest absolute Gasteiger partial charge is 0.322 e. The summed E-state index contributed by atoms with van der Waals surface area (Å²) in [6, 6.07) is 19.0. The van der Waals surface area contributed by atoms with Gasteiger partial charge in [0.1, 0.15) is 5.82 Å². The molecule has 0 bridgehead atoms. The topological polar surface area (TPSA) is 99.7 Å². The van der Waals surface area contributed by atoms with Crippen LogP contribution in [0.3, 0.4) is 0 Å². The van der Waals surface area contributed by atoms with E-state index in [-0.39, 0.29) is 11.3 Å². The van der Waals surface area contributed by atoms with Crippen molar-refractivity contribution in [2.24, 2.45) is 5.10 Å². The molecule has 31 heavy (non-hydrogen) atoms. The average molecular weight is 418 g/mol. The number of carbonyl (C=O) groups excluding carboxylic acids is 3. The van der Waals surface area contributed by atoms with Crippen molar-refractivity contribution in [2.75, 3.05) is 10.6 Å². The number of nitrogens with one attached hydrogen (secondary N) is 3. The highest BCUT2D eigenvalue weighted by atomic mass is 19.1. The minimum atomic E-state index is -1.02. The Labute approximate surface area is 178 Å². The highest BCUT2D eigenvalue weighted by Gasteiger charge is 2.17. The number of nitrogens with zero attached hydrogens (tertiary/aromatic N) is 1. The maximum absolute atomic E-state index is 12.9. The van der Waals surface area contributed by atoms with Gasteiger partial charge in [0.2, 0.25) is 0 Å². The molecule has 0 aliphatic carbocycles. The zero-order chi connectivity index (χ0) is 22.2. The number of benzene rings is 3. The van der Waals surface area contributed by atoms with Gasteiger partial charge in [-0.15, -0.1) is 0 Å². The lowest BCUT2D eigenvalue weighted by molar-refractivity contribution is -0.136. The van der Waals surface area contributed by atoms with Crippen LogP contribution < -0.4 is 16.1 Å². The van der Waals surface area contributed by atoms with Gasteiger partial charge in [-0.25, -0.2) is 9.82 Å². The van der Waals surface area contributed by atoms with Gasteiger partial charge >= 0.3 is 11.8 Å². The van der Waals surface area contributed by atoms with Crippen molar-refractivity contribution < 1.29 is 18.8 Å². The Kier molecular flexibility index (Phi) is 6.85. The van der Waals surface area contributed by atoms with E-state index in [1.165, 1.54) is 42.6 Å². The fourth-order valence-corrected chi connectivity index (χ4v) is 2.66. The van der Waals surface area contributed by atoms with Crippen LogP contribution >= 0.6 is 0 Å². The molecule has 3 rings (SSSR count). The number of hydrogen-bond acceptors (Lipinski definition) is 4. The van der Waals surface area contributed by atoms with Crippen LogP contribution in [0.2, 0.25) is 0 Å². The zero-order valence-corrected chi connectivity index (χ0v) is 16.6. The van der Waals surface area contributed by atoms with E-state index >= 15 is 0 Å². The van der Waals surface area contributed by atoms with E-state index in [2.05, 4.69) is 21.2 Å². The van der Waals surface area contributed by atoms with Crippen molar-refractivity contribution in [2.45, 2.75) is 6.92 Å². The number of aryl methyl sites for hydroxylation is 1. The minimum absolute atomic E-state index is 0.176. The Morgan fingerprint density at radius 2 is 1.61 bits per heavy atom. The number of halogens is 1. The molecular formula is C23H19FN4O3. The summed E-state index contributed by atoms with van der Waals surface area (Å²) in [6.45, 7) is 1.90. The average Bonchev–Trinajstić information content (AvgIpc) is 2.75. The molecule has 0 fully saturated rings. The van der Waals surface area contributed by atoms with E-state index in [0.29, 0.717) is 11.3 Å². The number of rotatable bonds is 5. The molecule has 0 aliphatic heterocycles. The number of amides is 3. The molecule has 0 unspecified atom stereocenters. The van der Waals surface area contributed by atoms with Crippen LogP contribution in [0.25, 0.3) is 0 Å². The second-order valence-corrected chi connectivity index (χ2v) is 6.57. The SMILES string of the molecule is Cc1cccc(NC(=O)c2ccccc2NC(=O)C(=O)N/N=C/c2ccc(F)cc2)c1. The molecule has 0 saturated carbocycles. The molecule has 0 aliphatic rings. The minimum Gasteiger partial charge on any atom is -0.322 e. The van der Waals surface area contributed by atoms with Crippen LogP contribution in [-0.2, 0) is 9.59 Å². The summed E-state index contributed by atoms with van der Waals surface area (Å²) in [6.07, 6.45) is 1.27. The van der Waals surface area contributed by atoms with Gasteiger partial charge in [-0.05, 0) is 54.4 Å². The van der Waals surface area contributed by atoms with Crippen LogP contribution in [-0.4, -0.2) is 23.9 Å². The summed E-state index contributed by atoms with van der Waals surface area (Å²) >= 11 is 0. The summed E-state index contributed by atoms with van der Waals surface area (Å²) in [5, 5.41) is 8.83. The van der Waals surface area contributed by atoms with Gasteiger partial charge in [0, 0.05) is 5.69 Å². The van der Waals surface area contributed by atoms with Crippen LogP contribution in [0.5, 0.6) is 0 Å². The fraction of sp³-hybridized carbons (Fsp3) is 0.0435. The van der Waals surface area contributed by atoms with E-state index in [1.54, 1.807) is 18.2 Å². The largest absolute Gasteiger partial charge is 0.329 e. The van der Waals surface area contributed by atoms with Crippen molar-refractivity contribution in [3.05, 3.63) is 95.3 Å². The molecule has 3 N–H and O–H groups in total.